The number of hydrogen-bond acceptors (Lipinski definition) is 2. The minimum absolute atomic E-state index is 0.558. The van der Waals surface area contributed by atoms with Crippen molar-refractivity contribution in [1.29, 1.82) is 0 Å². The second-order valence-electron chi connectivity index (χ2n) is 6.22. The molecule has 0 aliphatic heterocycles. The SMILES string of the molecule is CC[N+](CC)(CC)CC.CC[N+](CC)(CC)CC.O=C(O)/C=C\C(=O)O. The molecule has 0 bridgehead atoms. The molecule has 0 heterocycles. The first-order chi connectivity index (χ1) is 12.1. The van der Waals surface area contributed by atoms with Crippen LogP contribution in [0.1, 0.15) is 55.4 Å². The lowest BCUT2D eigenvalue weighted by Crippen LogP contribution is -2.47. The molecule has 6 nitrogen and oxygen atoms in total. The monoisotopic (exact) mass is 376 g/mol. The molecule has 0 aromatic heterocycles. The van der Waals surface area contributed by atoms with Crippen molar-refractivity contribution in [3.8, 4) is 0 Å². The highest BCUT2D eigenvalue weighted by atomic mass is 16.4. The molecule has 0 rings (SSSR count). The Balaban J connectivity index is -0.000000306. The van der Waals surface area contributed by atoms with Crippen LogP contribution >= 0.6 is 0 Å². The van der Waals surface area contributed by atoms with E-state index in [-0.39, 0.29) is 0 Å². The summed E-state index contributed by atoms with van der Waals surface area (Å²) in [5, 5.41) is 15.6. The molecule has 0 spiro atoms. The average molecular weight is 377 g/mol. The van der Waals surface area contributed by atoms with Gasteiger partial charge >= 0.3 is 11.9 Å². The molecular formula is C20H44N2O4+2. The predicted molar refractivity (Wildman–Crippen MR) is 109 cm³/mol. The van der Waals surface area contributed by atoms with Gasteiger partial charge in [-0.15, -0.1) is 0 Å². The number of hydrogen-bond donors (Lipinski definition) is 2. The van der Waals surface area contributed by atoms with Gasteiger partial charge in [0, 0.05) is 12.2 Å². The van der Waals surface area contributed by atoms with Crippen LogP contribution in [-0.2, 0) is 9.59 Å². The zero-order chi connectivity index (χ0) is 21.2. The summed E-state index contributed by atoms with van der Waals surface area (Å²) in [6.45, 7) is 28.4. The van der Waals surface area contributed by atoms with Crippen molar-refractivity contribution in [2.75, 3.05) is 52.4 Å². The summed E-state index contributed by atoms with van der Waals surface area (Å²) in [6, 6.07) is 0. The van der Waals surface area contributed by atoms with Gasteiger partial charge in [0.2, 0.25) is 0 Å². The summed E-state index contributed by atoms with van der Waals surface area (Å²) in [6.07, 6.45) is 1.12. The normalized spacial score (nSPS) is 11.2. The molecule has 0 unspecified atom stereocenters. The van der Waals surface area contributed by atoms with Gasteiger partial charge in [-0.3, -0.25) is 0 Å². The maximum atomic E-state index is 9.55. The fourth-order valence-corrected chi connectivity index (χ4v) is 2.83. The summed E-state index contributed by atoms with van der Waals surface area (Å²) in [5.74, 6) is -2.51. The molecule has 0 aliphatic carbocycles. The maximum absolute atomic E-state index is 9.55. The van der Waals surface area contributed by atoms with Crippen LogP contribution in [0.25, 0.3) is 0 Å². The Morgan fingerprint density at radius 1 is 0.538 bits per heavy atom. The molecule has 0 aromatic carbocycles. The molecule has 0 fully saturated rings. The molecule has 0 amide bonds. The van der Waals surface area contributed by atoms with E-state index in [0.29, 0.717) is 12.2 Å². The Hall–Kier alpha value is -1.40. The van der Waals surface area contributed by atoms with E-state index in [1.54, 1.807) is 0 Å². The van der Waals surface area contributed by atoms with Gasteiger partial charge in [-0.05, 0) is 55.4 Å². The first-order valence-electron chi connectivity index (χ1n) is 9.95. The van der Waals surface area contributed by atoms with Gasteiger partial charge in [0.1, 0.15) is 0 Å². The highest BCUT2D eigenvalue weighted by molar-refractivity contribution is 5.89. The zero-order valence-electron chi connectivity index (χ0n) is 18.4. The third-order valence-corrected chi connectivity index (χ3v) is 5.74. The van der Waals surface area contributed by atoms with E-state index in [1.165, 1.54) is 61.3 Å². The average Bonchev–Trinajstić information content (AvgIpc) is 2.66. The Kier molecular flexibility index (Phi) is 19.2. The van der Waals surface area contributed by atoms with Crippen LogP contribution in [-0.4, -0.2) is 83.5 Å². The molecule has 0 saturated carbocycles. The lowest BCUT2D eigenvalue weighted by Gasteiger charge is -2.34. The van der Waals surface area contributed by atoms with E-state index < -0.39 is 11.9 Å². The standard InChI is InChI=1S/2C8H20N.C4H4O4/c2*1-5-9(6-2,7-3)8-4;5-3(6)1-2-4(7)8/h2*5-8H2,1-4H3;1-2H,(H,5,6)(H,7,8)/q2*+1;/b;;2-1-. The summed E-state index contributed by atoms with van der Waals surface area (Å²) in [4.78, 5) is 19.1. The molecule has 0 radical (unpaired) electrons. The molecule has 0 atom stereocenters. The highest BCUT2D eigenvalue weighted by Gasteiger charge is 2.16. The lowest BCUT2D eigenvalue weighted by atomic mass is 10.3. The van der Waals surface area contributed by atoms with Gasteiger partial charge in [0.15, 0.2) is 0 Å². The fraction of sp³-hybridized carbons (Fsp3) is 0.800. The second kappa shape index (κ2) is 17.0. The number of quaternary nitrogens is 2. The largest absolute Gasteiger partial charge is 0.478 e. The van der Waals surface area contributed by atoms with Crippen molar-refractivity contribution in [1.82, 2.24) is 0 Å². The third-order valence-electron chi connectivity index (χ3n) is 5.74. The molecular weight excluding hydrogens is 332 g/mol. The van der Waals surface area contributed by atoms with Gasteiger partial charge in [0.25, 0.3) is 0 Å². The molecule has 26 heavy (non-hydrogen) atoms. The number of carboxylic acids is 2. The van der Waals surface area contributed by atoms with E-state index in [4.69, 9.17) is 10.2 Å². The topological polar surface area (TPSA) is 74.6 Å². The molecule has 156 valence electrons. The summed E-state index contributed by atoms with van der Waals surface area (Å²) >= 11 is 0. The van der Waals surface area contributed by atoms with Crippen LogP contribution in [0.4, 0.5) is 0 Å². The number of rotatable bonds is 10. The van der Waals surface area contributed by atoms with Gasteiger partial charge in [-0.2, -0.15) is 0 Å². The molecule has 0 aromatic rings. The lowest BCUT2D eigenvalue weighted by molar-refractivity contribution is -0.921. The zero-order valence-corrected chi connectivity index (χ0v) is 18.4. The molecule has 0 aliphatic rings. The summed E-state index contributed by atoms with van der Waals surface area (Å²) in [7, 11) is 0. The van der Waals surface area contributed by atoms with Gasteiger partial charge in [-0.25, -0.2) is 9.59 Å². The van der Waals surface area contributed by atoms with Crippen molar-refractivity contribution < 1.29 is 28.8 Å². The molecule has 0 saturated heterocycles. The van der Waals surface area contributed by atoms with Crippen LogP contribution in [0.2, 0.25) is 0 Å². The van der Waals surface area contributed by atoms with Crippen molar-refractivity contribution in [2.24, 2.45) is 0 Å². The van der Waals surface area contributed by atoms with Gasteiger partial charge in [-0.1, -0.05) is 0 Å². The quantitative estimate of drug-likeness (QED) is 0.452. The van der Waals surface area contributed by atoms with Crippen LogP contribution < -0.4 is 0 Å². The second-order valence-corrected chi connectivity index (χ2v) is 6.22. The number of carbonyl (C=O) groups is 2. The highest BCUT2D eigenvalue weighted by Crippen LogP contribution is 2.03. The van der Waals surface area contributed by atoms with E-state index >= 15 is 0 Å². The van der Waals surface area contributed by atoms with Gasteiger partial charge < -0.3 is 19.2 Å². The van der Waals surface area contributed by atoms with Gasteiger partial charge in [0.05, 0.1) is 52.4 Å². The number of aliphatic carboxylic acids is 2. The van der Waals surface area contributed by atoms with Crippen molar-refractivity contribution in [3.63, 3.8) is 0 Å². The minimum Gasteiger partial charge on any atom is -0.478 e. The van der Waals surface area contributed by atoms with Crippen LogP contribution in [0.15, 0.2) is 12.2 Å². The predicted octanol–water partition coefficient (Wildman–Crippen LogP) is 3.48. The Morgan fingerprint density at radius 3 is 0.731 bits per heavy atom. The summed E-state index contributed by atoms with van der Waals surface area (Å²) in [5.41, 5.74) is 0. The first kappa shape index (κ1) is 29.4. The van der Waals surface area contributed by atoms with E-state index in [2.05, 4.69) is 55.4 Å². The smallest absolute Gasteiger partial charge is 0.328 e. The maximum Gasteiger partial charge on any atom is 0.328 e. The molecule has 6 heteroatoms. The van der Waals surface area contributed by atoms with Crippen LogP contribution in [0.3, 0.4) is 0 Å². The van der Waals surface area contributed by atoms with E-state index in [1.807, 2.05) is 0 Å². The number of nitrogens with zero attached hydrogens (tertiary/aromatic N) is 2. The number of carboxylic acid groups (broad SMARTS) is 2. The molecule has 2 N–H and O–H groups in total. The van der Waals surface area contributed by atoms with Crippen molar-refractivity contribution in [3.05, 3.63) is 12.2 Å². The van der Waals surface area contributed by atoms with E-state index in [9.17, 15) is 9.59 Å². The minimum atomic E-state index is -1.26. The summed E-state index contributed by atoms with van der Waals surface area (Å²) < 4.78 is 2.56. The van der Waals surface area contributed by atoms with E-state index in [0.717, 1.165) is 0 Å². The Morgan fingerprint density at radius 2 is 0.692 bits per heavy atom. The first-order valence-corrected chi connectivity index (χ1v) is 9.95. The Bertz CT molecular complexity index is 316. The van der Waals surface area contributed by atoms with Crippen molar-refractivity contribution in [2.45, 2.75) is 55.4 Å². The van der Waals surface area contributed by atoms with Crippen molar-refractivity contribution >= 4 is 11.9 Å². The van der Waals surface area contributed by atoms with Crippen LogP contribution in [0, 0.1) is 0 Å². The third kappa shape index (κ3) is 13.8. The van der Waals surface area contributed by atoms with Crippen LogP contribution in [0.5, 0.6) is 0 Å². The Labute approximate surface area is 161 Å². The fourth-order valence-electron chi connectivity index (χ4n) is 2.83.